The van der Waals surface area contributed by atoms with Crippen molar-refractivity contribution >= 4 is 11.0 Å². The highest BCUT2D eigenvalue weighted by molar-refractivity contribution is 5.84. The molecule has 5 nitrogen and oxygen atoms in total. The molecule has 1 saturated heterocycles. The second-order valence-electron chi connectivity index (χ2n) is 6.57. The van der Waals surface area contributed by atoms with Crippen molar-refractivity contribution in [2.45, 2.75) is 32.2 Å². The van der Waals surface area contributed by atoms with Gasteiger partial charge in [-0.05, 0) is 70.9 Å². The molecule has 1 aromatic carbocycles. The molecule has 0 aliphatic carbocycles. The molecular weight excluding hydrogens is 290 g/mol. The SMILES string of the molecule is CNCc1c(OC)ccc2c(CCC3CCN(C)CC3)noc12. The Bertz CT molecular complexity index is 645. The van der Waals surface area contributed by atoms with E-state index in [-0.39, 0.29) is 0 Å². The highest BCUT2D eigenvalue weighted by atomic mass is 16.5. The quantitative estimate of drug-likeness (QED) is 0.888. The Morgan fingerprint density at radius 1 is 1.35 bits per heavy atom. The Labute approximate surface area is 138 Å². The summed E-state index contributed by atoms with van der Waals surface area (Å²) in [5.41, 5.74) is 2.99. The van der Waals surface area contributed by atoms with Crippen molar-refractivity contribution in [1.29, 1.82) is 0 Å². The monoisotopic (exact) mass is 317 g/mol. The summed E-state index contributed by atoms with van der Waals surface area (Å²) in [5.74, 6) is 1.66. The number of benzene rings is 1. The topological polar surface area (TPSA) is 50.5 Å². The molecule has 0 amide bonds. The third-order valence-electron chi connectivity index (χ3n) is 4.98. The van der Waals surface area contributed by atoms with E-state index in [4.69, 9.17) is 9.26 Å². The molecule has 2 aromatic rings. The zero-order chi connectivity index (χ0) is 16.2. The fraction of sp³-hybridized carbons (Fsp3) is 0.611. The summed E-state index contributed by atoms with van der Waals surface area (Å²) in [5, 5.41) is 8.65. The van der Waals surface area contributed by atoms with Crippen molar-refractivity contribution in [1.82, 2.24) is 15.4 Å². The maximum Gasteiger partial charge on any atom is 0.175 e. The van der Waals surface area contributed by atoms with Crippen molar-refractivity contribution in [3.8, 4) is 5.75 Å². The minimum absolute atomic E-state index is 0.712. The third kappa shape index (κ3) is 3.51. The molecule has 5 heteroatoms. The fourth-order valence-corrected chi connectivity index (χ4v) is 3.50. The molecular formula is C18H27N3O2. The molecule has 2 heterocycles. The van der Waals surface area contributed by atoms with Crippen LogP contribution in [0, 0.1) is 5.92 Å². The number of rotatable bonds is 6. The number of fused-ring (bicyclic) bond motifs is 1. The van der Waals surface area contributed by atoms with Gasteiger partial charge >= 0.3 is 0 Å². The van der Waals surface area contributed by atoms with Gasteiger partial charge in [0, 0.05) is 11.9 Å². The number of aromatic nitrogens is 1. The number of likely N-dealkylation sites (tertiary alicyclic amines) is 1. The van der Waals surface area contributed by atoms with E-state index in [1.165, 1.54) is 32.4 Å². The fourth-order valence-electron chi connectivity index (χ4n) is 3.50. The smallest absolute Gasteiger partial charge is 0.175 e. The molecule has 1 aliphatic rings. The lowest BCUT2D eigenvalue weighted by Crippen LogP contribution is -2.30. The molecule has 0 radical (unpaired) electrons. The molecule has 0 unspecified atom stereocenters. The normalized spacial score (nSPS) is 17.0. The van der Waals surface area contributed by atoms with Crippen molar-refractivity contribution in [2.75, 3.05) is 34.3 Å². The van der Waals surface area contributed by atoms with Gasteiger partial charge in [-0.15, -0.1) is 0 Å². The average Bonchev–Trinajstić information content (AvgIpc) is 2.98. The number of nitrogens with one attached hydrogen (secondary N) is 1. The van der Waals surface area contributed by atoms with Crippen molar-refractivity contribution in [2.24, 2.45) is 5.92 Å². The molecule has 0 bridgehead atoms. The van der Waals surface area contributed by atoms with E-state index in [2.05, 4.69) is 28.5 Å². The van der Waals surface area contributed by atoms with Crippen molar-refractivity contribution < 1.29 is 9.26 Å². The maximum absolute atomic E-state index is 5.65. The second-order valence-corrected chi connectivity index (χ2v) is 6.57. The standard InChI is InChI=1S/C18H27N3O2/c1-19-12-15-17(22-3)7-5-14-16(20-23-18(14)15)6-4-13-8-10-21(2)11-9-13/h5,7,13,19H,4,6,8-12H2,1-3H3. The van der Waals surface area contributed by atoms with Crippen LogP contribution in [0.2, 0.25) is 0 Å². The van der Waals surface area contributed by atoms with Crippen LogP contribution in [0.25, 0.3) is 11.0 Å². The number of methoxy groups -OCH3 is 1. The van der Waals surface area contributed by atoms with E-state index < -0.39 is 0 Å². The summed E-state index contributed by atoms with van der Waals surface area (Å²) in [4.78, 5) is 2.41. The second kappa shape index (κ2) is 7.32. The lowest BCUT2D eigenvalue weighted by Gasteiger charge is -2.28. The lowest BCUT2D eigenvalue weighted by atomic mass is 9.91. The summed E-state index contributed by atoms with van der Waals surface area (Å²) in [6, 6.07) is 4.10. The number of ether oxygens (including phenoxy) is 1. The molecule has 0 saturated carbocycles. The number of aryl methyl sites for hydroxylation is 1. The zero-order valence-corrected chi connectivity index (χ0v) is 14.4. The van der Waals surface area contributed by atoms with Gasteiger partial charge in [0.05, 0.1) is 18.4 Å². The van der Waals surface area contributed by atoms with Crippen molar-refractivity contribution in [3.63, 3.8) is 0 Å². The highest BCUT2D eigenvalue weighted by Gasteiger charge is 2.19. The van der Waals surface area contributed by atoms with Gasteiger partial charge in [-0.3, -0.25) is 0 Å². The van der Waals surface area contributed by atoms with E-state index in [1.54, 1.807) is 7.11 Å². The van der Waals surface area contributed by atoms with E-state index in [0.29, 0.717) is 6.54 Å². The molecule has 23 heavy (non-hydrogen) atoms. The van der Waals surface area contributed by atoms with Gasteiger partial charge in [-0.25, -0.2) is 0 Å². The largest absolute Gasteiger partial charge is 0.496 e. The number of hydrogen-bond acceptors (Lipinski definition) is 5. The van der Waals surface area contributed by atoms with Gasteiger partial charge in [-0.2, -0.15) is 0 Å². The van der Waals surface area contributed by atoms with Crippen LogP contribution in [-0.4, -0.2) is 44.4 Å². The summed E-state index contributed by atoms with van der Waals surface area (Å²) in [7, 11) is 5.82. The van der Waals surface area contributed by atoms with Crippen LogP contribution in [0.15, 0.2) is 16.7 Å². The van der Waals surface area contributed by atoms with E-state index in [0.717, 1.165) is 40.3 Å². The zero-order valence-electron chi connectivity index (χ0n) is 14.4. The van der Waals surface area contributed by atoms with Gasteiger partial charge in [0.2, 0.25) is 0 Å². The Morgan fingerprint density at radius 3 is 2.83 bits per heavy atom. The number of nitrogens with zero attached hydrogens (tertiary/aromatic N) is 2. The van der Waals surface area contributed by atoms with Crippen LogP contribution in [0.3, 0.4) is 0 Å². The Balaban J connectivity index is 1.75. The van der Waals surface area contributed by atoms with Crippen LogP contribution in [-0.2, 0) is 13.0 Å². The van der Waals surface area contributed by atoms with Crippen LogP contribution < -0.4 is 10.1 Å². The molecule has 1 N–H and O–H groups in total. The average molecular weight is 317 g/mol. The first kappa shape index (κ1) is 16.3. The lowest BCUT2D eigenvalue weighted by molar-refractivity contribution is 0.212. The van der Waals surface area contributed by atoms with Crippen LogP contribution >= 0.6 is 0 Å². The minimum Gasteiger partial charge on any atom is -0.496 e. The first-order valence-corrected chi connectivity index (χ1v) is 8.50. The van der Waals surface area contributed by atoms with Crippen LogP contribution in [0.4, 0.5) is 0 Å². The van der Waals surface area contributed by atoms with Crippen LogP contribution in [0.5, 0.6) is 5.75 Å². The molecule has 3 rings (SSSR count). The molecule has 1 fully saturated rings. The van der Waals surface area contributed by atoms with E-state index in [1.807, 2.05) is 13.1 Å². The maximum atomic E-state index is 5.65. The van der Waals surface area contributed by atoms with Crippen molar-refractivity contribution in [3.05, 3.63) is 23.4 Å². The summed E-state index contributed by atoms with van der Waals surface area (Å²) >= 11 is 0. The van der Waals surface area contributed by atoms with Gasteiger partial charge in [0.1, 0.15) is 5.75 Å². The molecule has 1 aromatic heterocycles. The first-order chi connectivity index (χ1) is 11.2. The highest BCUT2D eigenvalue weighted by Crippen LogP contribution is 2.31. The summed E-state index contributed by atoms with van der Waals surface area (Å²) < 4.78 is 11.1. The van der Waals surface area contributed by atoms with E-state index in [9.17, 15) is 0 Å². The van der Waals surface area contributed by atoms with E-state index >= 15 is 0 Å². The Morgan fingerprint density at radius 2 is 2.13 bits per heavy atom. The number of hydrogen-bond donors (Lipinski definition) is 1. The van der Waals surface area contributed by atoms with Crippen LogP contribution in [0.1, 0.15) is 30.5 Å². The summed E-state index contributed by atoms with van der Waals surface area (Å²) in [6.07, 6.45) is 4.78. The van der Waals surface area contributed by atoms with Gasteiger partial charge < -0.3 is 19.5 Å². The predicted octanol–water partition coefficient (Wildman–Crippen LogP) is 2.83. The first-order valence-electron chi connectivity index (χ1n) is 8.50. The van der Waals surface area contributed by atoms with Gasteiger partial charge in [0.15, 0.2) is 5.58 Å². The van der Waals surface area contributed by atoms with Gasteiger partial charge in [-0.1, -0.05) is 5.16 Å². The minimum atomic E-state index is 0.712. The molecule has 1 aliphatic heterocycles. The third-order valence-corrected chi connectivity index (χ3v) is 4.98. The Hall–Kier alpha value is -1.59. The molecule has 0 spiro atoms. The Kier molecular flexibility index (Phi) is 5.18. The molecule has 126 valence electrons. The predicted molar refractivity (Wildman–Crippen MR) is 91.9 cm³/mol. The molecule has 0 atom stereocenters. The van der Waals surface area contributed by atoms with Gasteiger partial charge in [0.25, 0.3) is 0 Å². The summed E-state index contributed by atoms with van der Waals surface area (Å²) in [6.45, 7) is 3.14. The number of piperidine rings is 1.